The van der Waals surface area contributed by atoms with Gasteiger partial charge < -0.3 is 14.6 Å². The highest BCUT2D eigenvalue weighted by Gasteiger charge is 2.21. The number of aromatic nitrogens is 2. The molecule has 1 aromatic heterocycles. The molecule has 0 aromatic carbocycles. The topological polar surface area (TPSA) is 120 Å². The van der Waals surface area contributed by atoms with E-state index in [0.717, 1.165) is 0 Å². The van der Waals surface area contributed by atoms with Crippen LogP contribution < -0.4 is 4.72 Å². The molecular weight excluding hydrogens is 302 g/mol. The van der Waals surface area contributed by atoms with E-state index in [-0.39, 0.29) is 30.5 Å². The Morgan fingerprint density at radius 3 is 3.00 bits per heavy atom. The third-order valence-electron chi connectivity index (χ3n) is 2.86. The van der Waals surface area contributed by atoms with Crippen LogP contribution in [0.5, 0.6) is 0 Å². The summed E-state index contributed by atoms with van der Waals surface area (Å²) in [6.45, 7) is 1.53. The van der Waals surface area contributed by atoms with E-state index in [2.05, 4.69) is 9.82 Å². The number of hydrogen-bond donors (Lipinski definition) is 2. The molecule has 2 rings (SSSR count). The molecule has 21 heavy (non-hydrogen) atoms. The van der Waals surface area contributed by atoms with Crippen molar-refractivity contribution in [3.05, 3.63) is 12.4 Å². The van der Waals surface area contributed by atoms with E-state index in [1.165, 1.54) is 17.1 Å². The summed E-state index contributed by atoms with van der Waals surface area (Å²) in [7, 11) is -3.69. The molecule has 9 nitrogen and oxygen atoms in total. The predicted octanol–water partition coefficient (Wildman–Crippen LogP) is -0.948. The van der Waals surface area contributed by atoms with Crippen LogP contribution in [-0.2, 0) is 30.8 Å². The van der Waals surface area contributed by atoms with Gasteiger partial charge in [0.05, 0.1) is 45.1 Å². The maximum absolute atomic E-state index is 12.0. The zero-order valence-corrected chi connectivity index (χ0v) is 12.1. The standard InChI is InChI=1S/C11H17N3O6S/c15-11(16)1-2-14-7-10(6-12-14)21(17,18)13-5-9-8-19-3-4-20-9/h6-7,9,13H,1-5,8H2,(H,15,16). The molecule has 0 spiro atoms. The van der Waals surface area contributed by atoms with Crippen LogP contribution >= 0.6 is 0 Å². The Balaban J connectivity index is 1.90. The number of sulfonamides is 1. The first kappa shape index (κ1) is 15.9. The second-order valence-electron chi connectivity index (χ2n) is 4.50. The van der Waals surface area contributed by atoms with Gasteiger partial charge in [-0.3, -0.25) is 9.48 Å². The lowest BCUT2D eigenvalue weighted by atomic mass is 10.3. The summed E-state index contributed by atoms with van der Waals surface area (Å²) in [6, 6.07) is 0. The first-order chi connectivity index (χ1) is 9.97. The van der Waals surface area contributed by atoms with Crippen molar-refractivity contribution in [3.8, 4) is 0 Å². The molecule has 1 unspecified atom stereocenters. The van der Waals surface area contributed by atoms with Crippen LogP contribution in [-0.4, -0.2) is 61.7 Å². The van der Waals surface area contributed by atoms with Gasteiger partial charge in [0.15, 0.2) is 0 Å². The molecule has 10 heteroatoms. The lowest BCUT2D eigenvalue weighted by Crippen LogP contribution is -2.39. The lowest BCUT2D eigenvalue weighted by Gasteiger charge is -2.22. The van der Waals surface area contributed by atoms with Crippen LogP contribution in [0.3, 0.4) is 0 Å². The zero-order chi connectivity index (χ0) is 15.3. The maximum atomic E-state index is 12.0. The Bertz CT molecular complexity index is 579. The average molecular weight is 319 g/mol. The first-order valence-corrected chi connectivity index (χ1v) is 7.89. The highest BCUT2D eigenvalue weighted by molar-refractivity contribution is 7.89. The molecule has 1 saturated heterocycles. The van der Waals surface area contributed by atoms with Gasteiger partial charge in [-0.15, -0.1) is 0 Å². The third kappa shape index (κ3) is 4.77. The number of aryl methyl sites for hydroxylation is 1. The van der Waals surface area contributed by atoms with Gasteiger partial charge in [0.2, 0.25) is 10.0 Å². The molecule has 1 aromatic rings. The Kier molecular flexibility index (Phi) is 5.28. The van der Waals surface area contributed by atoms with Crippen LogP contribution in [0.15, 0.2) is 17.3 Å². The summed E-state index contributed by atoms with van der Waals surface area (Å²) in [6.07, 6.45) is 2.05. The number of aliphatic carboxylic acids is 1. The monoisotopic (exact) mass is 319 g/mol. The minimum atomic E-state index is -3.69. The molecule has 0 aliphatic carbocycles. The Morgan fingerprint density at radius 1 is 1.52 bits per heavy atom. The van der Waals surface area contributed by atoms with Crippen molar-refractivity contribution >= 4 is 16.0 Å². The molecule has 1 fully saturated rings. The Hall–Kier alpha value is -1.49. The summed E-state index contributed by atoms with van der Waals surface area (Å²) in [5.74, 6) is -0.970. The fourth-order valence-corrected chi connectivity index (χ4v) is 2.77. The summed E-state index contributed by atoms with van der Waals surface area (Å²) >= 11 is 0. The summed E-state index contributed by atoms with van der Waals surface area (Å²) < 4.78 is 38.3. The highest BCUT2D eigenvalue weighted by atomic mass is 32.2. The molecule has 2 N–H and O–H groups in total. The predicted molar refractivity (Wildman–Crippen MR) is 70.2 cm³/mol. The Morgan fingerprint density at radius 2 is 2.33 bits per heavy atom. The molecule has 0 saturated carbocycles. The van der Waals surface area contributed by atoms with E-state index in [9.17, 15) is 13.2 Å². The molecule has 0 amide bonds. The second-order valence-corrected chi connectivity index (χ2v) is 6.27. The van der Waals surface area contributed by atoms with Gasteiger partial charge in [-0.25, -0.2) is 13.1 Å². The van der Waals surface area contributed by atoms with E-state index < -0.39 is 16.0 Å². The number of carboxylic acids is 1. The lowest BCUT2D eigenvalue weighted by molar-refractivity contribution is -0.137. The summed E-state index contributed by atoms with van der Waals surface area (Å²) in [5.41, 5.74) is 0. The molecule has 1 aliphatic rings. The highest BCUT2D eigenvalue weighted by Crippen LogP contribution is 2.08. The summed E-state index contributed by atoms with van der Waals surface area (Å²) in [4.78, 5) is 10.4. The van der Waals surface area contributed by atoms with Crippen LogP contribution in [0.25, 0.3) is 0 Å². The van der Waals surface area contributed by atoms with Crippen LogP contribution in [0.2, 0.25) is 0 Å². The molecule has 1 atom stereocenters. The maximum Gasteiger partial charge on any atom is 0.305 e. The number of nitrogens with zero attached hydrogens (tertiary/aromatic N) is 2. The minimum Gasteiger partial charge on any atom is -0.481 e. The molecule has 118 valence electrons. The molecule has 0 bridgehead atoms. The first-order valence-electron chi connectivity index (χ1n) is 6.40. The van der Waals surface area contributed by atoms with E-state index in [0.29, 0.717) is 19.8 Å². The van der Waals surface area contributed by atoms with Crippen molar-refractivity contribution in [2.45, 2.75) is 24.0 Å². The SMILES string of the molecule is O=C(O)CCn1cc(S(=O)(=O)NCC2COCCO2)cn1. The van der Waals surface area contributed by atoms with Gasteiger partial charge in [-0.2, -0.15) is 5.10 Å². The van der Waals surface area contributed by atoms with Crippen LogP contribution in [0.4, 0.5) is 0 Å². The molecule has 1 aliphatic heterocycles. The number of hydrogen-bond acceptors (Lipinski definition) is 6. The van der Waals surface area contributed by atoms with Gasteiger partial charge in [0.25, 0.3) is 0 Å². The summed E-state index contributed by atoms with van der Waals surface area (Å²) in [5, 5.41) is 12.4. The number of carboxylic acid groups (broad SMARTS) is 1. The largest absolute Gasteiger partial charge is 0.481 e. The van der Waals surface area contributed by atoms with Gasteiger partial charge in [-0.1, -0.05) is 0 Å². The minimum absolute atomic E-state index is 0.00961. The van der Waals surface area contributed by atoms with Crippen molar-refractivity contribution in [1.29, 1.82) is 0 Å². The number of ether oxygens (including phenoxy) is 2. The molecule has 2 heterocycles. The van der Waals surface area contributed by atoms with Crippen molar-refractivity contribution in [3.63, 3.8) is 0 Å². The molecule has 0 radical (unpaired) electrons. The Labute approximate surface area is 121 Å². The quantitative estimate of drug-likeness (QED) is 0.665. The fourth-order valence-electron chi connectivity index (χ4n) is 1.76. The number of rotatable bonds is 7. The number of carbonyl (C=O) groups is 1. The van der Waals surface area contributed by atoms with E-state index >= 15 is 0 Å². The average Bonchev–Trinajstić information content (AvgIpc) is 2.94. The van der Waals surface area contributed by atoms with Crippen LogP contribution in [0, 0.1) is 0 Å². The van der Waals surface area contributed by atoms with E-state index in [1.54, 1.807) is 0 Å². The smallest absolute Gasteiger partial charge is 0.305 e. The zero-order valence-electron chi connectivity index (χ0n) is 11.3. The van der Waals surface area contributed by atoms with Gasteiger partial charge in [0, 0.05) is 12.7 Å². The van der Waals surface area contributed by atoms with Gasteiger partial charge in [-0.05, 0) is 0 Å². The number of nitrogens with one attached hydrogen (secondary N) is 1. The normalized spacial score (nSPS) is 19.5. The van der Waals surface area contributed by atoms with Crippen LogP contribution in [0.1, 0.15) is 6.42 Å². The van der Waals surface area contributed by atoms with Crippen molar-refractivity contribution in [2.75, 3.05) is 26.4 Å². The van der Waals surface area contributed by atoms with E-state index in [1.807, 2.05) is 0 Å². The van der Waals surface area contributed by atoms with Gasteiger partial charge in [0.1, 0.15) is 4.90 Å². The van der Waals surface area contributed by atoms with Crippen molar-refractivity contribution in [2.24, 2.45) is 0 Å². The van der Waals surface area contributed by atoms with Gasteiger partial charge >= 0.3 is 5.97 Å². The molecular formula is C11H17N3O6S. The third-order valence-corrected chi connectivity index (χ3v) is 4.24. The van der Waals surface area contributed by atoms with E-state index in [4.69, 9.17) is 14.6 Å². The second kappa shape index (κ2) is 6.98. The fraction of sp³-hybridized carbons (Fsp3) is 0.636. The van der Waals surface area contributed by atoms with Crippen molar-refractivity contribution in [1.82, 2.24) is 14.5 Å². The van der Waals surface area contributed by atoms with Crippen molar-refractivity contribution < 1.29 is 27.8 Å².